The number of imidazole rings is 1. The third kappa shape index (κ3) is 6.45. The van der Waals surface area contributed by atoms with E-state index in [0.717, 1.165) is 22.8 Å². The Balaban J connectivity index is 1.41. The third-order valence-corrected chi connectivity index (χ3v) is 5.37. The Hall–Kier alpha value is -4.13. The van der Waals surface area contributed by atoms with Crippen LogP contribution in [0.4, 0.5) is 5.95 Å². The standard InChI is InChI=1S/C21H23N11OS/c1-14-10-15(2)26-20(25-14)28-19(23-9-8-16-11-22-13-24-16)27-18(33)12-34-21-29-30-31-32(21)17-6-4-3-5-7-17/h3-7,10-11,13H,8-9,12H2,1-2H3,(H,22,24)(H2,23,25,26,27,28,33). The van der Waals surface area contributed by atoms with Gasteiger partial charge in [0.2, 0.25) is 23.0 Å². The molecule has 12 nitrogen and oxygen atoms in total. The van der Waals surface area contributed by atoms with E-state index >= 15 is 0 Å². The van der Waals surface area contributed by atoms with E-state index < -0.39 is 0 Å². The second-order valence-corrected chi connectivity index (χ2v) is 8.14. The molecule has 4 rings (SSSR count). The number of thioether (sulfide) groups is 1. The maximum atomic E-state index is 12.7. The number of aryl methyl sites for hydroxylation is 2. The van der Waals surface area contributed by atoms with Gasteiger partial charge in [0.15, 0.2) is 0 Å². The minimum Gasteiger partial charge on any atom is -0.348 e. The number of nitrogens with zero attached hydrogens (tertiary/aromatic N) is 8. The van der Waals surface area contributed by atoms with Gasteiger partial charge in [-0.1, -0.05) is 30.0 Å². The van der Waals surface area contributed by atoms with Gasteiger partial charge in [0.25, 0.3) is 0 Å². The highest BCUT2D eigenvalue weighted by Crippen LogP contribution is 2.17. The number of nitrogens with one attached hydrogen (secondary N) is 3. The van der Waals surface area contributed by atoms with Crippen LogP contribution in [0.3, 0.4) is 0 Å². The second-order valence-electron chi connectivity index (χ2n) is 7.20. The molecule has 0 radical (unpaired) electrons. The number of hydrogen-bond donors (Lipinski definition) is 3. The van der Waals surface area contributed by atoms with Crippen LogP contribution in [0, 0.1) is 13.8 Å². The number of carbonyl (C=O) groups excluding carboxylic acids is 1. The molecule has 0 atom stereocenters. The lowest BCUT2D eigenvalue weighted by atomic mass is 10.3. The van der Waals surface area contributed by atoms with E-state index in [1.165, 1.54) is 11.8 Å². The minimum absolute atomic E-state index is 0.0855. The quantitative estimate of drug-likeness (QED) is 0.196. The van der Waals surface area contributed by atoms with Crippen LogP contribution in [0.1, 0.15) is 17.1 Å². The number of benzene rings is 1. The van der Waals surface area contributed by atoms with E-state index in [4.69, 9.17) is 0 Å². The normalized spacial score (nSPS) is 11.4. The number of rotatable bonds is 8. The summed E-state index contributed by atoms with van der Waals surface area (Å²) in [6.07, 6.45) is 3.99. The molecule has 3 aromatic heterocycles. The summed E-state index contributed by atoms with van der Waals surface area (Å²) in [5.41, 5.74) is 3.37. The lowest BCUT2D eigenvalue weighted by Crippen LogP contribution is -2.38. The monoisotopic (exact) mass is 477 g/mol. The van der Waals surface area contributed by atoms with Crippen molar-refractivity contribution in [2.24, 2.45) is 4.99 Å². The number of aromatic nitrogens is 8. The van der Waals surface area contributed by atoms with E-state index in [-0.39, 0.29) is 17.6 Å². The van der Waals surface area contributed by atoms with Crippen LogP contribution >= 0.6 is 11.8 Å². The lowest BCUT2D eigenvalue weighted by Gasteiger charge is -2.11. The van der Waals surface area contributed by atoms with Crippen LogP contribution < -0.4 is 10.6 Å². The van der Waals surface area contributed by atoms with Gasteiger partial charge in [-0.3, -0.25) is 20.4 Å². The van der Waals surface area contributed by atoms with Crippen LogP contribution in [0.25, 0.3) is 5.69 Å². The van der Waals surface area contributed by atoms with Gasteiger partial charge in [-0.15, -0.1) is 5.10 Å². The van der Waals surface area contributed by atoms with Gasteiger partial charge in [0, 0.05) is 36.2 Å². The van der Waals surface area contributed by atoms with Crippen molar-refractivity contribution in [3.05, 3.63) is 66.0 Å². The highest BCUT2D eigenvalue weighted by molar-refractivity contribution is 7.99. The van der Waals surface area contributed by atoms with Gasteiger partial charge in [0.1, 0.15) is 0 Å². The summed E-state index contributed by atoms with van der Waals surface area (Å²) in [4.78, 5) is 33.0. The Bertz CT molecular complexity index is 1230. The summed E-state index contributed by atoms with van der Waals surface area (Å²) in [6.45, 7) is 4.18. The maximum Gasteiger partial charge on any atom is 0.237 e. The van der Waals surface area contributed by atoms with E-state index in [0.29, 0.717) is 24.1 Å². The molecular weight excluding hydrogens is 454 g/mol. The van der Waals surface area contributed by atoms with Crippen molar-refractivity contribution in [3.8, 4) is 5.69 Å². The van der Waals surface area contributed by atoms with Crippen LogP contribution in [0.15, 0.2) is 59.1 Å². The van der Waals surface area contributed by atoms with Crippen molar-refractivity contribution in [2.75, 3.05) is 17.6 Å². The molecule has 13 heteroatoms. The first-order valence-electron chi connectivity index (χ1n) is 10.4. The minimum atomic E-state index is -0.273. The molecule has 0 bridgehead atoms. The fourth-order valence-electron chi connectivity index (χ4n) is 3.01. The van der Waals surface area contributed by atoms with Gasteiger partial charge in [-0.05, 0) is 42.5 Å². The number of anilines is 1. The Kier molecular flexibility index (Phi) is 7.55. The summed E-state index contributed by atoms with van der Waals surface area (Å²) < 4.78 is 1.58. The molecule has 0 fully saturated rings. The first-order valence-corrected chi connectivity index (χ1v) is 11.4. The number of aromatic amines is 1. The zero-order valence-corrected chi connectivity index (χ0v) is 19.5. The van der Waals surface area contributed by atoms with Crippen molar-refractivity contribution in [3.63, 3.8) is 0 Å². The maximum absolute atomic E-state index is 12.7. The molecule has 3 N–H and O–H groups in total. The number of carbonyl (C=O) groups is 1. The van der Waals surface area contributed by atoms with Crippen molar-refractivity contribution >= 4 is 29.6 Å². The molecule has 0 spiro atoms. The molecule has 1 amide bonds. The molecule has 0 aliphatic rings. The molecule has 0 saturated carbocycles. The van der Waals surface area contributed by atoms with Gasteiger partial charge in [0.05, 0.1) is 17.8 Å². The van der Waals surface area contributed by atoms with Crippen LogP contribution in [-0.4, -0.2) is 64.3 Å². The topological polar surface area (TPSA) is 152 Å². The number of H-pyrrole nitrogens is 1. The number of tetrazole rings is 1. The molecule has 1 aromatic carbocycles. The predicted molar refractivity (Wildman–Crippen MR) is 128 cm³/mol. The average Bonchev–Trinajstić information content (AvgIpc) is 3.50. The SMILES string of the molecule is Cc1cc(C)nc(NC(=NCCc2cnc[nH]2)NC(=O)CSc2nnnn2-c2ccccc2)n1. The molecule has 0 unspecified atom stereocenters. The Labute approximate surface area is 199 Å². The summed E-state index contributed by atoms with van der Waals surface area (Å²) in [5, 5.41) is 18.1. The van der Waals surface area contributed by atoms with E-state index in [1.54, 1.807) is 17.2 Å². The second kappa shape index (κ2) is 11.1. The number of hydrogen-bond acceptors (Lipinski definition) is 9. The highest BCUT2D eigenvalue weighted by atomic mass is 32.2. The number of guanidine groups is 1. The zero-order valence-electron chi connectivity index (χ0n) is 18.6. The third-order valence-electron chi connectivity index (χ3n) is 4.45. The molecule has 0 aliphatic carbocycles. The molecule has 174 valence electrons. The first kappa shape index (κ1) is 23.0. The Morgan fingerprint density at radius 2 is 1.97 bits per heavy atom. The smallest absolute Gasteiger partial charge is 0.237 e. The van der Waals surface area contributed by atoms with E-state index in [1.807, 2.05) is 50.2 Å². The largest absolute Gasteiger partial charge is 0.348 e. The van der Waals surface area contributed by atoms with Crippen molar-refractivity contribution < 1.29 is 4.79 Å². The first-order chi connectivity index (χ1) is 16.6. The Morgan fingerprint density at radius 1 is 1.18 bits per heavy atom. The van der Waals surface area contributed by atoms with Gasteiger partial charge >= 0.3 is 0 Å². The summed E-state index contributed by atoms with van der Waals surface area (Å²) in [6, 6.07) is 11.3. The fraction of sp³-hybridized carbons (Fsp3) is 0.238. The van der Waals surface area contributed by atoms with E-state index in [2.05, 4.69) is 51.1 Å². The van der Waals surface area contributed by atoms with Crippen LogP contribution in [0.5, 0.6) is 0 Å². The lowest BCUT2D eigenvalue weighted by molar-refractivity contribution is -0.117. The van der Waals surface area contributed by atoms with Gasteiger partial charge in [-0.25, -0.2) is 15.0 Å². The molecule has 4 aromatic rings. The van der Waals surface area contributed by atoms with Crippen molar-refractivity contribution in [2.45, 2.75) is 25.4 Å². The molecular formula is C21H23N11OS. The predicted octanol–water partition coefficient (Wildman–Crippen LogP) is 1.71. The summed E-state index contributed by atoms with van der Waals surface area (Å²) >= 11 is 1.22. The molecule has 0 saturated heterocycles. The summed E-state index contributed by atoms with van der Waals surface area (Å²) in [5.74, 6) is 0.434. The van der Waals surface area contributed by atoms with Crippen molar-refractivity contribution in [1.29, 1.82) is 0 Å². The Morgan fingerprint density at radius 3 is 2.71 bits per heavy atom. The van der Waals surface area contributed by atoms with Gasteiger partial charge < -0.3 is 4.98 Å². The van der Waals surface area contributed by atoms with Crippen LogP contribution in [-0.2, 0) is 11.2 Å². The molecule has 0 aliphatic heterocycles. The highest BCUT2D eigenvalue weighted by Gasteiger charge is 2.14. The molecule has 34 heavy (non-hydrogen) atoms. The van der Waals surface area contributed by atoms with E-state index in [9.17, 15) is 4.79 Å². The summed E-state index contributed by atoms with van der Waals surface area (Å²) in [7, 11) is 0. The van der Waals surface area contributed by atoms with Gasteiger partial charge in [-0.2, -0.15) is 4.68 Å². The van der Waals surface area contributed by atoms with Crippen LogP contribution in [0.2, 0.25) is 0 Å². The zero-order chi connectivity index (χ0) is 23.8. The average molecular weight is 478 g/mol. The number of amides is 1. The molecule has 3 heterocycles. The number of para-hydroxylation sites is 1. The number of aliphatic imine (C=N–C) groups is 1. The van der Waals surface area contributed by atoms with Crippen molar-refractivity contribution in [1.82, 2.24) is 45.5 Å². The fourth-order valence-corrected chi connectivity index (χ4v) is 3.70.